The molecule has 1 spiro atoms. The van der Waals surface area contributed by atoms with E-state index in [0.29, 0.717) is 17.1 Å². The van der Waals surface area contributed by atoms with Crippen LogP contribution in [0, 0.1) is 10.1 Å². The van der Waals surface area contributed by atoms with Crippen molar-refractivity contribution in [2.45, 2.75) is 5.79 Å². The summed E-state index contributed by atoms with van der Waals surface area (Å²) in [6.45, 7) is 0. The summed E-state index contributed by atoms with van der Waals surface area (Å²) in [6, 6.07) is 20.2. The van der Waals surface area contributed by atoms with Crippen LogP contribution in [0.3, 0.4) is 0 Å². The average Bonchev–Trinajstić information content (AvgIpc) is 2.74. The van der Waals surface area contributed by atoms with Gasteiger partial charge in [-0.15, -0.1) is 0 Å². The molecular formula is C23H14ClNO4. The van der Waals surface area contributed by atoms with Crippen molar-refractivity contribution in [2.24, 2.45) is 0 Å². The number of hydrogen-bond acceptors (Lipinski definition) is 4. The van der Waals surface area contributed by atoms with E-state index in [0.717, 1.165) is 16.7 Å². The SMILES string of the molecule is O=[N+]([O-])c1cc(Cl)c2c(c1)C=CC1(Oc3ccccc3C=C1c1ccccc1)O2. The van der Waals surface area contributed by atoms with Gasteiger partial charge in [-0.25, -0.2) is 0 Å². The number of nitrogens with zero attached hydrogens (tertiary/aromatic N) is 1. The number of halogens is 1. The molecule has 0 aliphatic carbocycles. The minimum absolute atomic E-state index is 0.0910. The summed E-state index contributed by atoms with van der Waals surface area (Å²) in [5.41, 5.74) is 3.13. The van der Waals surface area contributed by atoms with Gasteiger partial charge in [-0.05, 0) is 23.8 Å². The van der Waals surface area contributed by atoms with Crippen molar-refractivity contribution in [3.05, 3.63) is 105 Å². The Morgan fingerprint density at radius 2 is 1.69 bits per heavy atom. The van der Waals surface area contributed by atoms with E-state index in [1.165, 1.54) is 12.1 Å². The molecule has 0 bridgehead atoms. The molecule has 5 rings (SSSR count). The third-order valence-electron chi connectivity index (χ3n) is 4.94. The van der Waals surface area contributed by atoms with Gasteiger partial charge in [0.1, 0.15) is 5.75 Å². The first-order valence-corrected chi connectivity index (χ1v) is 9.35. The highest BCUT2D eigenvalue weighted by atomic mass is 35.5. The maximum absolute atomic E-state index is 11.2. The van der Waals surface area contributed by atoms with E-state index in [2.05, 4.69) is 0 Å². The summed E-state index contributed by atoms with van der Waals surface area (Å²) >= 11 is 6.35. The molecule has 2 aliphatic heterocycles. The van der Waals surface area contributed by atoms with Crippen LogP contribution in [0.2, 0.25) is 5.02 Å². The fourth-order valence-corrected chi connectivity index (χ4v) is 3.85. The quantitative estimate of drug-likeness (QED) is 0.390. The van der Waals surface area contributed by atoms with Crippen LogP contribution in [0.5, 0.6) is 11.5 Å². The summed E-state index contributed by atoms with van der Waals surface area (Å²) in [6.07, 6.45) is 5.55. The lowest BCUT2D eigenvalue weighted by Gasteiger charge is -2.39. The molecule has 29 heavy (non-hydrogen) atoms. The highest BCUT2D eigenvalue weighted by molar-refractivity contribution is 6.32. The number of nitro groups is 1. The number of rotatable bonds is 2. The maximum Gasteiger partial charge on any atom is 0.299 e. The highest BCUT2D eigenvalue weighted by Gasteiger charge is 2.44. The average molecular weight is 404 g/mol. The van der Waals surface area contributed by atoms with Crippen LogP contribution in [0.4, 0.5) is 5.69 Å². The molecule has 0 aromatic heterocycles. The van der Waals surface area contributed by atoms with Gasteiger partial charge in [0.15, 0.2) is 5.75 Å². The fraction of sp³-hybridized carbons (Fsp3) is 0.0435. The van der Waals surface area contributed by atoms with Gasteiger partial charge in [-0.1, -0.05) is 60.1 Å². The molecule has 0 saturated heterocycles. The smallest absolute Gasteiger partial charge is 0.299 e. The second kappa shape index (κ2) is 6.50. The summed E-state index contributed by atoms with van der Waals surface area (Å²) in [5, 5.41) is 11.3. The first-order valence-electron chi connectivity index (χ1n) is 8.98. The van der Waals surface area contributed by atoms with Crippen molar-refractivity contribution in [1.82, 2.24) is 0 Å². The zero-order valence-corrected chi connectivity index (χ0v) is 15.8. The van der Waals surface area contributed by atoms with Gasteiger partial charge in [0.25, 0.3) is 11.5 Å². The van der Waals surface area contributed by atoms with Crippen LogP contribution >= 0.6 is 11.6 Å². The minimum atomic E-state index is -1.23. The Morgan fingerprint density at radius 3 is 2.48 bits per heavy atom. The molecule has 0 saturated carbocycles. The van der Waals surface area contributed by atoms with Crippen LogP contribution in [-0.2, 0) is 0 Å². The summed E-state index contributed by atoms with van der Waals surface area (Å²) < 4.78 is 12.7. The molecule has 2 heterocycles. The van der Waals surface area contributed by atoms with Crippen LogP contribution in [0.15, 0.2) is 72.8 Å². The topological polar surface area (TPSA) is 61.6 Å². The lowest BCUT2D eigenvalue weighted by molar-refractivity contribution is -0.384. The maximum atomic E-state index is 11.2. The number of nitro benzene ring substituents is 1. The van der Waals surface area contributed by atoms with Gasteiger partial charge in [-0.2, -0.15) is 0 Å². The molecule has 5 nitrogen and oxygen atoms in total. The zero-order chi connectivity index (χ0) is 20.0. The Bertz CT molecular complexity index is 1200. The van der Waals surface area contributed by atoms with Gasteiger partial charge >= 0.3 is 0 Å². The van der Waals surface area contributed by atoms with Crippen molar-refractivity contribution < 1.29 is 14.4 Å². The largest absolute Gasteiger partial charge is 0.444 e. The zero-order valence-electron chi connectivity index (χ0n) is 15.0. The highest BCUT2D eigenvalue weighted by Crippen LogP contribution is 2.48. The van der Waals surface area contributed by atoms with Crippen molar-refractivity contribution in [3.8, 4) is 11.5 Å². The standard InChI is InChI=1S/C23H14ClNO4/c24-20-14-18(25(26)27)12-17-10-11-23(29-22(17)20)19(15-6-2-1-3-7-15)13-16-8-4-5-9-21(16)28-23/h1-14H. The second-order valence-corrected chi connectivity index (χ2v) is 7.18. The second-order valence-electron chi connectivity index (χ2n) is 6.77. The molecule has 2 aliphatic rings. The predicted molar refractivity (Wildman–Crippen MR) is 112 cm³/mol. The lowest BCUT2D eigenvalue weighted by atomic mass is 9.90. The van der Waals surface area contributed by atoms with E-state index in [4.69, 9.17) is 21.1 Å². The van der Waals surface area contributed by atoms with Crippen LogP contribution in [-0.4, -0.2) is 10.7 Å². The first-order chi connectivity index (χ1) is 14.1. The first kappa shape index (κ1) is 17.5. The van der Waals surface area contributed by atoms with E-state index in [9.17, 15) is 10.1 Å². The molecule has 0 N–H and O–H groups in total. The molecule has 1 unspecified atom stereocenters. The van der Waals surface area contributed by atoms with Crippen LogP contribution < -0.4 is 9.47 Å². The number of ether oxygens (including phenoxy) is 2. The Kier molecular flexibility index (Phi) is 3.93. The van der Waals surface area contributed by atoms with Crippen molar-refractivity contribution >= 4 is 35.0 Å². The summed E-state index contributed by atoms with van der Waals surface area (Å²) in [5.74, 6) is -0.207. The van der Waals surface area contributed by atoms with E-state index in [-0.39, 0.29) is 10.7 Å². The normalized spacial score (nSPS) is 18.9. The van der Waals surface area contributed by atoms with E-state index >= 15 is 0 Å². The van der Waals surface area contributed by atoms with Gasteiger partial charge in [-0.3, -0.25) is 10.1 Å². The number of para-hydroxylation sites is 1. The minimum Gasteiger partial charge on any atom is -0.444 e. The van der Waals surface area contributed by atoms with Gasteiger partial charge in [0.05, 0.1) is 9.95 Å². The summed E-state index contributed by atoms with van der Waals surface area (Å²) in [4.78, 5) is 10.7. The van der Waals surface area contributed by atoms with Gasteiger partial charge < -0.3 is 9.47 Å². The van der Waals surface area contributed by atoms with Crippen molar-refractivity contribution in [3.63, 3.8) is 0 Å². The van der Waals surface area contributed by atoms with E-state index in [1.807, 2.05) is 60.7 Å². The molecule has 0 radical (unpaired) electrons. The van der Waals surface area contributed by atoms with E-state index in [1.54, 1.807) is 12.2 Å². The molecule has 3 aromatic carbocycles. The molecular weight excluding hydrogens is 390 g/mol. The third kappa shape index (κ3) is 2.87. The molecule has 0 amide bonds. The molecule has 142 valence electrons. The Morgan fingerprint density at radius 1 is 0.931 bits per heavy atom. The van der Waals surface area contributed by atoms with Crippen LogP contribution in [0.1, 0.15) is 16.7 Å². The monoisotopic (exact) mass is 403 g/mol. The third-order valence-corrected chi connectivity index (χ3v) is 5.23. The predicted octanol–water partition coefficient (Wildman–Crippen LogP) is 5.98. The molecule has 0 fully saturated rings. The Hall–Kier alpha value is -3.57. The number of non-ortho nitro benzene ring substituents is 1. The molecule has 1 atom stereocenters. The lowest BCUT2D eigenvalue weighted by Crippen LogP contribution is -2.44. The van der Waals surface area contributed by atoms with Gasteiger partial charge in [0, 0.05) is 34.9 Å². The number of fused-ring (bicyclic) bond motifs is 2. The Balaban J connectivity index is 1.69. The number of benzene rings is 3. The Labute approximate surface area is 171 Å². The van der Waals surface area contributed by atoms with E-state index < -0.39 is 10.7 Å². The number of hydrogen-bond donors (Lipinski definition) is 0. The fourth-order valence-electron chi connectivity index (χ4n) is 3.59. The molecule has 6 heteroatoms. The molecule has 3 aromatic rings. The van der Waals surface area contributed by atoms with Gasteiger partial charge in [0.2, 0.25) is 0 Å². The summed E-state index contributed by atoms with van der Waals surface area (Å²) in [7, 11) is 0. The van der Waals surface area contributed by atoms with Crippen LogP contribution in [0.25, 0.3) is 17.7 Å². The van der Waals surface area contributed by atoms with Crippen molar-refractivity contribution in [1.29, 1.82) is 0 Å². The van der Waals surface area contributed by atoms with Crippen molar-refractivity contribution in [2.75, 3.05) is 0 Å².